The third-order valence-corrected chi connectivity index (χ3v) is 7.92. The van der Waals surface area contributed by atoms with E-state index in [1.807, 2.05) is 45.3 Å². The summed E-state index contributed by atoms with van der Waals surface area (Å²) < 4.78 is 29.7. The van der Waals surface area contributed by atoms with E-state index in [4.69, 9.17) is 0 Å². The highest BCUT2D eigenvalue weighted by atomic mass is 35.5. The summed E-state index contributed by atoms with van der Waals surface area (Å²) in [6.45, 7) is 3.15. The van der Waals surface area contributed by atoms with Crippen molar-refractivity contribution in [2.75, 3.05) is 36.8 Å². The molecule has 1 heterocycles. The molecule has 7 nitrogen and oxygen atoms in total. The summed E-state index contributed by atoms with van der Waals surface area (Å²) in [5, 5.41) is 0.589. The van der Waals surface area contributed by atoms with Gasteiger partial charge in [-0.3, -0.25) is 14.4 Å². The van der Waals surface area contributed by atoms with Gasteiger partial charge in [0.1, 0.15) is 0 Å². The summed E-state index contributed by atoms with van der Waals surface area (Å²) >= 11 is 1.45. The molecule has 0 unspecified atom stereocenters. The van der Waals surface area contributed by atoms with Crippen molar-refractivity contribution in [3.8, 4) is 0 Å². The Balaban J connectivity index is 0.00000361. The Morgan fingerprint density at radius 1 is 0.944 bits per heavy atom. The minimum absolute atomic E-state index is 0. The predicted octanol–water partition coefficient (Wildman–Crippen LogP) is 5.43. The van der Waals surface area contributed by atoms with E-state index in [-0.39, 0.29) is 34.5 Å². The summed E-state index contributed by atoms with van der Waals surface area (Å²) in [4.78, 5) is 22.4. The summed E-state index contributed by atoms with van der Waals surface area (Å²) in [5.74, 6) is -0.301. The standard InChI is InChI=1S/C26H28N4O3S2.ClH/c1-19-13-15-20(16-14-19)35(32,33)28-22-10-5-4-9-21(22)25(31)30(18-8-17-29(2)3)26-27-23-11-6-7-12-24(23)34-26;/h4-7,9-16,28H,8,17-18H2,1-3H3;1H. The van der Waals surface area contributed by atoms with Crippen molar-refractivity contribution < 1.29 is 13.2 Å². The van der Waals surface area contributed by atoms with Crippen LogP contribution in [-0.4, -0.2) is 51.4 Å². The Hall–Kier alpha value is -2.98. The number of fused-ring (bicyclic) bond motifs is 1. The molecule has 0 fully saturated rings. The molecule has 3 aromatic carbocycles. The van der Waals surface area contributed by atoms with E-state index in [0.717, 1.165) is 28.7 Å². The minimum atomic E-state index is -3.87. The van der Waals surface area contributed by atoms with Crippen molar-refractivity contribution in [3.05, 3.63) is 83.9 Å². The van der Waals surface area contributed by atoms with Crippen molar-refractivity contribution >= 4 is 60.7 Å². The summed E-state index contributed by atoms with van der Waals surface area (Å²) in [5.41, 5.74) is 2.29. The molecule has 1 amide bonds. The number of amides is 1. The molecular weight excluding hydrogens is 516 g/mol. The maximum atomic E-state index is 13.8. The first-order chi connectivity index (χ1) is 16.7. The van der Waals surface area contributed by atoms with Gasteiger partial charge in [0.05, 0.1) is 26.4 Å². The smallest absolute Gasteiger partial charge is 0.262 e. The van der Waals surface area contributed by atoms with Crippen molar-refractivity contribution in [2.45, 2.75) is 18.2 Å². The number of anilines is 2. The van der Waals surface area contributed by atoms with Gasteiger partial charge in [-0.2, -0.15) is 0 Å². The largest absolute Gasteiger partial charge is 0.309 e. The number of halogens is 1. The van der Waals surface area contributed by atoms with Gasteiger partial charge in [0.25, 0.3) is 15.9 Å². The van der Waals surface area contributed by atoms with Gasteiger partial charge in [-0.15, -0.1) is 12.4 Å². The molecule has 4 rings (SSSR count). The fraction of sp³-hybridized carbons (Fsp3) is 0.231. The molecule has 0 atom stereocenters. The monoisotopic (exact) mass is 544 g/mol. The van der Waals surface area contributed by atoms with Gasteiger partial charge >= 0.3 is 0 Å². The van der Waals surface area contributed by atoms with Crippen LogP contribution in [0.1, 0.15) is 22.3 Å². The Bertz CT molecular complexity index is 1400. The molecule has 0 aliphatic rings. The van der Waals surface area contributed by atoms with Gasteiger partial charge in [0, 0.05) is 6.54 Å². The molecule has 10 heteroatoms. The molecule has 0 aliphatic heterocycles. The number of carbonyl (C=O) groups excluding carboxylic acids is 1. The van der Waals surface area contributed by atoms with Crippen LogP contribution in [0.3, 0.4) is 0 Å². The van der Waals surface area contributed by atoms with Gasteiger partial charge in [-0.1, -0.05) is 53.3 Å². The number of carbonyl (C=O) groups is 1. The molecule has 0 bridgehead atoms. The van der Waals surface area contributed by atoms with Crippen LogP contribution >= 0.6 is 23.7 Å². The van der Waals surface area contributed by atoms with Crippen LogP contribution in [0.25, 0.3) is 10.2 Å². The van der Waals surface area contributed by atoms with E-state index in [1.165, 1.54) is 11.3 Å². The molecule has 1 N–H and O–H groups in total. The van der Waals surface area contributed by atoms with Crippen LogP contribution < -0.4 is 9.62 Å². The predicted molar refractivity (Wildman–Crippen MR) is 150 cm³/mol. The fourth-order valence-corrected chi connectivity index (χ4v) is 5.70. The van der Waals surface area contributed by atoms with E-state index >= 15 is 0 Å². The minimum Gasteiger partial charge on any atom is -0.309 e. The number of aryl methyl sites for hydroxylation is 1. The third-order valence-electron chi connectivity index (χ3n) is 5.48. The average Bonchev–Trinajstić information content (AvgIpc) is 3.25. The Morgan fingerprint density at radius 3 is 2.31 bits per heavy atom. The molecule has 4 aromatic rings. The Kier molecular flexibility index (Phi) is 9.08. The topological polar surface area (TPSA) is 82.6 Å². The number of nitrogens with zero attached hydrogens (tertiary/aromatic N) is 3. The van der Waals surface area contributed by atoms with Gasteiger partial charge in [-0.05, 0) is 70.4 Å². The maximum absolute atomic E-state index is 13.8. The summed E-state index contributed by atoms with van der Waals surface area (Å²) in [7, 11) is 0.105. The van der Waals surface area contributed by atoms with Crippen molar-refractivity contribution in [2.24, 2.45) is 0 Å². The molecule has 0 spiro atoms. The highest BCUT2D eigenvalue weighted by Crippen LogP contribution is 2.31. The lowest BCUT2D eigenvalue weighted by molar-refractivity contribution is 0.0987. The van der Waals surface area contributed by atoms with Gasteiger partial charge in [0.15, 0.2) is 5.13 Å². The zero-order valence-electron chi connectivity index (χ0n) is 20.3. The van der Waals surface area contributed by atoms with Crippen LogP contribution in [-0.2, 0) is 10.0 Å². The first-order valence-corrected chi connectivity index (χ1v) is 13.6. The number of benzene rings is 3. The number of sulfonamides is 1. The molecule has 190 valence electrons. The van der Waals surface area contributed by atoms with Crippen molar-refractivity contribution in [1.82, 2.24) is 9.88 Å². The number of para-hydroxylation sites is 2. The number of rotatable bonds is 9. The molecule has 0 radical (unpaired) electrons. The van der Waals surface area contributed by atoms with Crippen LogP contribution in [0.5, 0.6) is 0 Å². The highest BCUT2D eigenvalue weighted by Gasteiger charge is 2.25. The van der Waals surface area contributed by atoms with E-state index < -0.39 is 10.0 Å². The molecule has 0 saturated heterocycles. The van der Waals surface area contributed by atoms with Crippen LogP contribution in [0.2, 0.25) is 0 Å². The van der Waals surface area contributed by atoms with Gasteiger partial charge in [0.2, 0.25) is 0 Å². The molecule has 1 aromatic heterocycles. The zero-order valence-corrected chi connectivity index (χ0v) is 22.8. The SMILES string of the molecule is Cc1ccc(S(=O)(=O)Nc2ccccc2C(=O)N(CCCN(C)C)c2nc3ccccc3s2)cc1.Cl. The second kappa shape index (κ2) is 11.8. The van der Waals surface area contributed by atoms with E-state index in [1.54, 1.807) is 53.4 Å². The maximum Gasteiger partial charge on any atom is 0.262 e. The van der Waals surface area contributed by atoms with Crippen molar-refractivity contribution in [1.29, 1.82) is 0 Å². The normalized spacial score (nSPS) is 11.3. The first-order valence-electron chi connectivity index (χ1n) is 11.3. The molecular formula is C26H29ClN4O3S2. The number of aromatic nitrogens is 1. The summed E-state index contributed by atoms with van der Waals surface area (Å²) in [6.07, 6.45) is 0.742. The Labute approximate surface area is 222 Å². The van der Waals surface area contributed by atoms with Crippen LogP contribution in [0.15, 0.2) is 77.7 Å². The molecule has 36 heavy (non-hydrogen) atoms. The number of hydrogen-bond acceptors (Lipinski definition) is 6. The summed E-state index contributed by atoms with van der Waals surface area (Å²) in [6, 6.07) is 21.0. The quantitative estimate of drug-likeness (QED) is 0.304. The average molecular weight is 545 g/mol. The number of hydrogen-bond donors (Lipinski definition) is 1. The lowest BCUT2D eigenvalue weighted by Crippen LogP contribution is -2.34. The lowest BCUT2D eigenvalue weighted by atomic mass is 10.1. The van der Waals surface area contributed by atoms with Gasteiger partial charge < -0.3 is 4.90 Å². The van der Waals surface area contributed by atoms with E-state index in [2.05, 4.69) is 14.6 Å². The van der Waals surface area contributed by atoms with E-state index in [0.29, 0.717) is 11.7 Å². The second-order valence-electron chi connectivity index (χ2n) is 8.54. The Morgan fingerprint density at radius 2 is 1.61 bits per heavy atom. The van der Waals surface area contributed by atoms with E-state index in [9.17, 15) is 13.2 Å². The fourth-order valence-electron chi connectivity index (χ4n) is 3.63. The zero-order chi connectivity index (χ0) is 25.0. The second-order valence-corrected chi connectivity index (χ2v) is 11.2. The molecule has 0 saturated carbocycles. The lowest BCUT2D eigenvalue weighted by Gasteiger charge is -2.22. The van der Waals surface area contributed by atoms with Gasteiger partial charge in [-0.25, -0.2) is 13.4 Å². The number of thiazole rings is 1. The highest BCUT2D eigenvalue weighted by molar-refractivity contribution is 7.92. The number of nitrogens with one attached hydrogen (secondary N) is 1. The molecule has 0 aliphatic carbocycles. The first kappa shape index (κ1) is 27.6. The van der Waals surface area contributed by atoms with Crippen LogP contribution in [0, 0.1) is 6.92 Å². The third kappa shape index (κ3) is 6.41. The van der Waals surface area contributed by atoms with Crippen LogP contribution in [0.4, 0.5) is 10.8 Å². The van der Waals surface area contributed by atoms with Crippen molar-refractivity contribution in [3.63, 3.8) is 0 Å².